The minimum Gasteiger partial charge on any atom is -0.398 e. The van der Waals surface area contributed by atoms with Gasteiger partial charge in [-0.3, -0.25) is 9.59 Å². The van der Waals surface area contributed by atoms with E-state index >= 15 is 0 Å². The summed E-state index contributed by atoms with van der Waals surface area (Å²) < 4.78 is 0.788. The Kier molecular flexibility index (Phi) is 3.33. The van der Waals surface area contributed by atoms with Gasteiger partial charge in [0.1, 0.15) is 0 Å². The number of nitrogens with one attached hydrogen (secondary N) is 1. The lowest BCUT2D eigenvalue weighted by Gasteiger charge is -2.27. The Hall–Kier alpha value is -1.56. The Morgan fingerprint density at radius 1 is 1.47 bits per heavy atom. The molecule has 5 nitrogen and oxygen atoms in total. The van der Waals surface area contributed by atoms with Gasteiger partial charge < -0.3 is 16.0 Å². The number of carbonyl (C=O) groups is 2. The molecule has 1 aromatic rings. The third kappa shape index (κ3) is 2.58. The second kappa shape index (κ2) is 4.75. The summed E-state index contributed by atoms with van der Waals surface area (Å²) in [5.74, 6) is -0.350. The third-order valence-electron chi connectivity index (χ3n) is 2.57. The van der Waals surface area contributed by atoms with Crippen molar-refractivity contribution in [2.75, 3.05) is 25.4 Å². The van der Waals surface area contributed by atoms with Gasteiger partial charge in [-0.25, -0.2) is 0 Å². The standard InChI is InChI=1S/C11H12BrN3O2/c12-7-1-2-9(13)8(5-7)11(17)15-4-3-14-10(16)6-15/h1-2,5H,3-4,6,13H2,(H,14,16). The van der Waals surface area contributed by atoms with Crippen LogP contribution in [0.4, 0.5) is 5.69 Å². The minimum absolute atomic E-state index is 0.0881. The number of hydrogen-bond acceptors (Lipinski definition) is 3. The number of amides is 2. The van der Waals surface area contributed by atoms with E-state index in [0.29, 0.717) is 24.3 Å². The van der Waals surface area contributed by atoms with Crippen LogP contribution in [0.5, 0.6) is 0 Å². The summed E-state index contributed by atoms with van der Waals surface area (Å²) in [6.07, 6.45) is 0. The van der Waals surface area contributed by atoms with E-state index in [-0.39, 0.29) is 18.4 Å². The molecule has 1 saturated heterocycles. The lowest BCUT2D eigenvalue weighted by Crippen LogP contribution is -2.50. The van der Waals surface area contributed by atoms with E-state index in [1.54, 1.807) is 18.2 Å². The second-order valence-electron chi connectivity index (χ2n) is 3.81. The SMILES string of the molecule is Nc1ccc(Br)cc1C(=O)N1CCNC(=O)C1. The average Bonchev–Trinajstić information content (AvgIpc) is 2.31. The molecule has 0 saturated carbocycles. The van der Waals surface area contributed by atoms with Crippen LogP contribution in [0, 0.1) is 0 Å². The van der Waals surface area contributed by atoms with Crippen molar-refractivity contribution < 1.29 is 9.59 Å². The number of benzene rings is 1. The highest BCUT2D eigenvalue weighted by atomic mass is 79.9. The molecule has 1 aromatic carbocycles. The number of nitrogen functional groups attached to an aromatic ring is 1. The zero-order valence-electron chi connectivity index (χ0n) is 9.07. The van der Waals surface area contributed by atoms with Crippen molar-refractivity contribution >= 4 is 33.4 Å². The van der Waals surface area contributed by atoms with Crippen LogP contribution in [0.3, 0.4) is 0 Å². The van der Waals surface area contributed by atoms with Crippen molar-refractivity contribution in [3.05, 3.63) is 28.2 Å². The lowest BCUT2D eigenvalue weighted by atomic mass is 10.1. The topological polar surface area (TPSA) is 75.4 Å². The summed E-state index contributed by atoms with van der Waals surface area (Å²) in [5, 5.41) is 2.67. The van der Waals surface area contributed by atoms with E-state index in [0.717, 1.165) is 4.47 Å². The minimum atomic E-state index is -0.210. The van der Waals surface area contributed by atoms with Crippen LogP contribution < -0.4 is 11.1 Å². The zero-order valence-corrected chi connectivity index (χ0v) is 10.7. The number of nitrogens with zero attached hydrogens (tertiary/aromatic N) is 1. The fourth-order valence-electron chi connectivity index (χ4n) is 1.70. The molecule has 1 heterocycles. The number of nitrogens with two attached hydrogens (primary N) is 1. The van der Waals surface area contributed by atoms with E-state index in [9.17, 15) is 9.59 Å². The predicted molar refractivity (Wildman–Crippen MR) is 67.5 cm³/mol. The molecule has 17 heavy (non-hydrogen) atoms. The Morgan fingerprint density at radius 3 is 2.94 bits per heavy atom. The summed E-state index contributed by atoms with van der Waals surface area (Å²) >= 11 is 3.29. The van der Waals surface area contributed by atoms with Crippen molar-refractivity contribution in [1.29, 1.82) is 0 Å². The van der Waals surface area contributed by atoms with Gasteiger partial charge in [0.25, 0.3) is 5.91 Å². The highest BCUT2D eigenvalue weighted by Gasteiger charge is 2.23. The van der Waals surface area contributed by atoms with Gasteiger partial charge in [-0.05, 0) is 18.2 Å². The summed E-state index contributed by atoms with van der Waals surface area (Å²) in [6, 6.07) is 5.11. The molecule has 0 atom stereocenters. The molecule has 0 radical (unpaired) electrons. The Labute approximate surface area is 107 Å². The molecule has 1 fully saturated rings. The van der Waals surface area contributed by atoms with Gasteiger partial charge in [0.15, 0.2) is 0 Å². The molecule has 0 spiro atoms. The Morgan fingerprint density at radius 2 is 2.24 bits per heavy atom. The van der Waals surface area contributed by atoms with Crippen molar-refractivity contribution in [1.82, 2.24) is 10.2 Å². The Balaban J connectivity index is 2.24. The Bertz CT molecular complexity index is 476. The molecule has 0 bridgehead atoms. The molecular weight excluding hydrogens is 286 g/mol. The van der Waals surface area contributed by atoms with Crippen LogP contribution in [0.15, 0.2) is 22.7 Å². The average molecular weight is 298 g/mol. The number of carbonyl (C=O) groups excluding carboxylic acids is 2. The zero-order chi connectivity index (χ0) is 12.4. The smallest absolute Gasteiger partial charge is 0.256 e. The lowest BCUT2D eigenvalue weighted by molar-refractivity contribution is -0.123. The summed E-state index contributed by atoms with van der Waals surface area (Å²) in [6.45, 7) is 1.08. The quantitative estimate of drug-likeness (QED) is 0.746. The number of halogens is 1. The normalized spacial score (nSPS) is 15.6. The summed E-state index contributed by atoms with van der Waals surface area (Å²) in [5.41, 5.74) is 6.61. The third-order valence-corrected chi connectivity index (χ3v) is 3.06. The van der Waals surface area contributed by atoms with Gasteiger partial charge >= 0.3 is 0 Å². The molecule has 1 aliphatic heterocycles. The first-order chi connectivity index (χ1) is 8.08. The van der Waals surface area contributed by atoms with Crippen LogP contribution in [-0.2, 0) is 4.79 Å². The molecule has 0 aromatic heterocycles. The number of piperazine rings is 1. The van der Waals surface area contributed by atoms with Crippen molar-refractivity contribution in [3.63, 3.8) is 0 Å². The van der Waals surface area contributed by atoms with Crippen LogP contribution >= 0.6 is 15.9 Å². The highest BCUT2D eigenvalue weighted by Crippen LogP contribution is 2.20. The van der Waals surface area contributed by atoms with Gasteiger partial charge in [0, 0.05) is 23.2 Å². The summed E-state index contributed by atoms with van der Waals surface area (Å²) in [4.78, 5) is 24.9. The van der Waals surface area contributed by atoms with Crippen LogP contribution in [-0.4, -0.2) is 36.3 Å². The maximum absolute atomic E-state index is 12.2. The molecule has 0 aliphatic carbocycles. The van der Waals surface area contributed by atoms with Crippen molar-refractivity contribution in [2.24, 2.45) is 0 Å². The first-order valence-electron chi connectivity index (χ1n) is 5.19. The molecule has 0 unspecified atom stereocenters. The molecule has 2 amide bonds. The highest BCUT2D eigenvalue weighted by molar-refractivity contribution is 9.10. The van der Waals surface area contributed by atoms with Crippen molar-refractivity contribution in [3.8, 4) is 0 Å². The maximum atomic E-state index is 12.2. The predicted octanol–water partition coefficient (Wildman–Crippen LogP) is 0.603. The van der Waals surface area contributed by atoms with E-state index in [2.05, 4.69) is 21.2 Å². The van der Waals surface area contributed by atoms with Crippen molar-refractivity contribution in [2.45, 2.75) is 0 Å². The number of rotatable bonds is 1. The molecule has 1 aliphatic rings. The largest absolute Gasteiger partial charge is 0.398 e. The maximum Gasteiger partial charge on any atom is 0.256 e. The molecular formula is C11H12BrN3O2. The van der Waals surface area contributed by atoms with Gasteiger partial charge in [0.05, 0.1) is 12.1 Å². The van der Waals surface area contributed by atoms with Crippen LogP contribution in [0.1, 0.15) is 10.4 Å². The first-order valence-corrected chi connectivity index (χ1v) is 5.98. The molecule has 2 rings (SSSR count). The van der Waals surface area contributed by atoms with E-state index in [4.69, 9.17) is 5.73 Å². The van der Waals surface area contributed by atoms with Crippen LogP contribution in [0.25, 0.3) is 0 Å². The van der Waals surface area contributed by atoms with E-state index in [1.807, 2.05) is 0 Å². The van der Waals surface area contributed by atoms with E-state index < -0.39 is 0 Å². The number of anilines is 1. The fraction of sp³-hybridized carbons (Fsp3) is 0.273. The molecule has 6 heteroatoms. The fourth-order valence-corrected chi connectivity index (χ4v) is 2.06. The van der Waals surface area contributed by atoms with Crippen LogP contribution in [0.2, 0.25) is 0 Å². The molecule has 90 valence electrons. The van der Waals surface area contributed by atoms with Gasteiger partial charge in [-0.15, -0.1) is 0 Å². The second-order valence-corrected chi connectivity index (χ2v) is 4.72. The first kappa shape index (κ1) is 11.9. The van der Waals surface area contributed by atoms with Gasteiger partial charge in [-0.2, -0.15) is 0 Å². The number of hydrogen-bond donors (Lipinski definition) is 2. The van der Waals surface area contributed by atoms with Gasteiger partial charge in [0.2, 0.25) is 5.91 Å². The summed E-state index contributed by atoms with van der Waals surface area (Å²) in [7, 11) is 0. The molecule has 3 N–H and O–H groups in total. The monoisotopic (exact) mass is 297 g/mol. The van der Waals surface area contributed by atoms with Gasteiger partial charge in [-0.1, -0.05) is 15.9 Å². The van der Waals surface area contributed by atoms with E-state index in [1.165, 1.54) is 4.90 Å².